The molecule has 6 unspecified atom stereocenters. The molecule has 0 bridgehead atoms. The molecule has 1 aromatic rings. The van der Waals surface area contributed by atoms with Crippen molar-refractivity contribution in [2.45, 2.75) is 104 Å². The molecule has 3 rings (SSSR count). The number of cyclic esters (lactones) is 1. The molecular weight excluding hydrogens is 452 g/mol. The minimum atomic E-state index is -1.21. The van der Waals surface area contributed by atoms with Gasteiger partial charge in [-0.2, -0.15) is 0 Å². The maximum absolute atomic E-state index is 13.2. The van der Waals surface area contributed by atoms with Gasteiger partial charge in [-0.3, -0.25) is 9.59 Å². The third-order valence-electron chi connectivity index (χ3n) is 7.58. The van der Waals surface area contributed by atoms with Crippen LogP contribution in [-0.2, 0) is 14.3 Å². The number of thiazole rings is 1. The Morgan fingerprint density at radius 2 is 1.94 bits per heavy atom. The number of aliphatic hydroxyl groups is 2. The van der Waals surface area contributed by atoms with Crippen LogP contribution in [0.15, 0.2) is 11.0 Å². The molecule has 0 saturated carbocycles. The highest BCUT2D eigenvalue weighted by molar-refractivity contribution is 7.09. The summed E-state index contributed by atoms with van der Waals surface area (Å²) in [6, 6.07) is 0.615. The van der Waals surface area contributed by atoms with E-state index < -0.39 is 35.6 Å². The molecule has 3 heterocycles. The smallest absolute Gasteiger partial charge is 0.309 e. The van der Waals surface area contributed by atoms with Gasteiger partial charge < -0.3 is 20.3 Å². The molecule has 190 valence electrons. The first-order valence-corrected chi connectivity index (χ1v) is 13.2. The number of hydrogen-bond donors (Lipinski definition) is 3. The van der Waals surface area contributed by atoms with Gasteiger partial charge in [-0.05, 0) is 44.3 Å². The van der Waals surface area contributed by atoms with E-state index >= 15 is 0 Å². The number of rotatable bonds is 2. The number of hydrogen-bond acceptors (Lipinski definition) is 8. The second-order valence-electron chi connectivity index (χ2n) is 10.8. The Bertz CT molecular complexity index is 911. The second kappa shape index (κ2) is 11.0. The number of carbonyl (C=O) groups is 2. The number of aryl methyl sites for hydroxylation is 1. The fourth-order valence-electron chi connectivity index (χ4n) is 4.92. The van der Waals surface area contributed by atoms with E-state index in [1.807, 2.05) is 32.2 Å². The first-order valence-electron chi connectivity index (χ1n) is 12.4. The van der Waals surface area contributed by atoms with Crippen molar-refractivity contribution in [1.29, 1.82) is 0 Å². The van der Waals surface area contributed by atoms with Crippen LogP contribution in [0.1, 0.15) is 77.4 Å². The van der Waals surface area contributed by atoms with Gasteiger partial charge in [0, 0.05) is 29.8 Å². The molecule has 0 aliphatic carbocycles. The average Bonchev–Trinajstić information content (AvgIpc) is 3.38. The quantitative estimate of drug-likeness (QED) is 0.426. The van der Waals surface area contributed by atoms with Gasteiger partial charge in [-0.25, -0.2) is 4.98 Å². The fourth-order valence-corrected chi connectivity index (χ4v) is 5.49. The summed E-state index contributed by atoms with van der Waals surface area (Å²) in [4.78, 5) is 30.5. The number of esters is 1. The molecule has 0 aromatic carbocycles. The van der Waals surface area contributed by atoms with E-state index in [-0.39, 0.29) is 24.2 Å². The van der Waals surface area contributed by atoms with E-state index in [4.69, 9.17) is 4.74 Å². The highest BCUT2D eigenvalue weighted by atomic mass is 32.1. The summed E-state index contributed by atoms with van der Waals surface area (Å²) in [6.07, 6.45) is 2.64. The Balaban J connectivity index is 1.81. The second-order valence-corrected chi connectivity index (χ2v) is 11.8. The molecule has 2 fully saturated rings. The highest BCUT2D eigenvalue weighted by Crippen LogP contribution is 2.33. The van der Waals surface area contributed by atoms with Crippen molar-refractivity contribution in [2.24, 2.45) is 17.3 Å². The summed E-state index contributed by atoms with van der Waals surface area (Å²) >= 11 is 1.57. The van der Waals surface area contributed by atoms with Crippen LogP contribution in [0.3, 0.4) is 0 Å². The topological polar surface area (TPSA) is 119 Å². The Labute approximate surface area is 207 Å². The number of Topliss-reactive ketones (excluding diaryl/α,β-unsaturated/α-hetero) is 1. The van der Waals surface area contributed by atoms with Crippen LogP contribution < -0.4 is 5.32 Å². The standard InChI is InChI=1S/C26H40N2O5S/c1-14-8-7-9-19-20(28-19)11-21(15(2)10-18-13-34-17(4)27-18)33-23(30)12-22(29)26(5,6)25(32)16(3)24(14)31/h10,13-14,16,19-22,24,28-29,31H,7-9,11-12H2,1-6H3/b15-10+/t14?,16?,19?,20?,21?,22-,24?/m0/s1. The van der Waals surface area contributed by atoms with Gasteiger partial charge in [-0.15, -0.1) is 11.3 Å². The van der Waals surface area contributed by atoms with Crippen molar-refractivity contribution in [1.82, 2.24) is 10.3 Å². The normalized spacial score (nSPS) is 36.0. The molecule has 0 radical (unpaired) electrons. The van der Waals surface area contributed by atoms with E-state index in [0.717, 1.165) is 35.5 Å². The number of aromatic nitrogens is 1. The van der Waals surface area contributed by atoms with Crippen molar-refractivity contribution < 1.29 is 24.5 Å². The molecule has 1 aromatic heterocycles. The van der Waals surface area contributed by atoms with Crippen LogP contribution in [0.5, 0.6) is 0 Å². The Morgan fingerprint density at radius 1 is 1.24 bits per heavy atom. The molecule has 3 N–H and O–H groups in total. The van der Waals surface area contributed by atoms with Gasteiger partial charge in [0.1, 0.15) is 11.9 Å². The number of ether oxygens (including phenoxy) is 1. The maximum Gasteiger partial charge on any atom is 0.309 e. The van der Waals surface area contributed by atoms with E-state index in [9.17, 15) is 19.8 Å². The van der Waals surface area contributed by atoms with Crippen LogP contribution in [0.25, 0.3) is 6.08 Å². The average molecular weight is 493 g/mol. The zero-order valence-corrected chi connectivity index (χ0v) is 22.0. The molecule has 7 nitrogen and oxygen atoms in total. The van der Waals surface area contributed by atoms with Crippen LogP contribution in [0, 0.1) is 24.2 Å². The van der Waals surface area contributed by atoms with Crippen molar-refractivity contribution in [2.75, 3.05) is 0 Å². The minimum Gasteiger partial charge on any atom is -0.458 e. The fraction of sp³-hybridized carbons (Fsp3) is 0.731. The van der Waals surface area contributed by atoms with E-state index in [1.54, 1.807) is 32.1 Å². The lowest BCUT2D eigenvalue weighted by atomic mass is 9.73. The van der Waals surface area contributed by atoms with E-state index in [0.29, 0.717) is 12.5 Å². The summed E-state index contributed by atoms with van der Waals surface area (Å²) in [5, 5.41) is 28.1. The summed E-state index contributed by atoms with van der Waals surface area (Å²) in [7, 11) is 0. The van der Waals surface area contributed by atoms with Gasteiger partial charge >= 0.3 is 5.97 Å². The molecule has 8 heteroatoms. The lowest BCUT2D eigenvalue weighted by Gasteiger charge is -2.34. The van der Waals surface area contributed by atoms with Crippen LogP contribution in [0.2, 0.25) is 0 Å². The largest absolute Gasteiger partial charge is 0.458 e. The van der Waals surface area contributed by atoms with Crippen molar-refractivity contribution >= 4 is 29.2 Å². The van der Waals surface area contributed by atoms with Crippen LogP contribution in [-0.4, -0.2) is 57.3 Å². The zero-order valence-electron chi connectivity index (χ0n) is 21.2. The molecule has 7 atom stereocenters. The third-order valence-corrected chi connectivity index (χ3v) is 8.37. The predicted molar refractivity (Wildman–Crippen MR) is 133 cm³/mol. The maximum atomic E-state index is 13.2. The van der Waals surface area contributed by atoms with Gasteiger partial charge in [0.25, 0.3) is 0 Å². The Hall–Kier alpha value is -1.61. The minimum absolute atomic E-state index is 0.0264. The van der Waals surface area contributed by atoms with Crippen molar-refractivity contribution in [3.63, 3.8) is 0 Å². The molecular formula is C26H40N2O5S. The molecule has 34 heavy (non-hydrogen) atoms. The lowest BCUT2D eigenvalue weighted by molar-refractivity contribution is -0.154. The summed E-state index contributed by atoms with van der Waals surface area (Å²) in [5.41, 5.74) is 0.567. The summed E-state index contributed by atoms with van der Waals surface area (Å²) in [5.74, 6) is -1.43. The lowest BCUT2D eigenvalue weighted by Crippen LogP contribution is -2.45. The number of nitrogens with zero attached hydrogens (tertiary/aromatic N) is 1. The first kappa shape index (κ1) is 27.0. The molecule has 0 amide bonds. The number of nitrogens with one attached hydrogen (secondary N) is 1. The van der Waals surface area contributed by atoms with Crippen molar-refractivity contribution in [3.8, 4) is 0 Å². The molecule has 2 aliphatic rings. The number of ketones is 1. The molecule has 0 spiro atoms. The first-order chi connectivity index (χ1) is 15.9. The number of carbonyl (C=O) groups excluding carboxylic acids is 2. The molecule has 2 aliphatic heterocycles. The van der Waals surface area contributed by atoms with Gasteiger partial charge in [-0.1, -0.05) is 34.1 Å². The Morgan fingerprint density at radius 3 is 2.59 bits per heavy atom. The van der Waals surface area contributed by atoms with Gasteiger partial charge in [0.15, 0.2) is 0 Å². The van der Waals surface area contributed by atoms with Gasteiger partial charge in [0.05, 0.1) is 34.7 Å². The predicted octanol–water partition coefficient (Wildman–Crippen LogP) is 3.66. The zero-order chi connectivity index (χ0) is 25.2. The van der Waals surface area contributed by atoms with E-state index in [2.05, 4.69) is 10.3 Å². The van der Waals surface area contributed by atoms with Crippen molar-refractivity contribution in [3.05, 3.63) is 21.7 Å². The van der Waals surface area contributed by atoms with E-state index in [1.165, 1.54) is 0 Å². The van der Waals surface area contributed by atoms with Gasteiger partial charge in [0.2, 0.25) is 0 Å². The summed E-state index contributed by atoms with van der Waals surface area (Å²) in [6.45, 7) is 10.8. The highest BCUT2D eigenvalue weighted by Gasteiger charge is 2.43. The van der Waals surface area contributed by atoms with Crippen LogP contribution >= 0.6 is 11.3 Å². The third kappa shape index (κ3) is 6.53. The molecule has 2 saturated heterocycles. The SMILES string of the molecule is C/C(=C\c1csc(C)n1)C1CC2NC2CCCC(C)C(O)C(C)C(=O)C(C)(C)[C@@H](O)CC(=O)O1. The Kier molecular flexibility index (Phi) is 8.71. The monoisotopic (exact) mass is 492 g/mol. The summed E-state index contributed by atoms with van der Waals surface area (Å²) < 4.78 is 5.86. The number of fused-ring (bicyclic) bond motifs is 1. The van der Waals surface area contributed by atoms with Crippen LogP contribution in [0.4, 0.5) is 0 Å². The number of aliphatic hydroxyl groups excluding tert-OH is 2.